The van der Waals surface area contributed by atoms with Crippen LogP contribution >= 0.6 is 11.6 Å². The summed E-state index contributed by atoms with van der Waals surface area (Å²) in [7, 11) is -3.58. The summed E-state index contributed by atoms with van der Waals surface area (Å²) in [6.45, 7) is 0.552. The van der Waals surface area contributed by atoms with Crippen molar-refractivity contribution in [3.05, 3.63) is 70.2 Å². The number of hydrogen-bond donors (Lipinski definition) is 0. The lowest BCUT2D eigenvalue weighted by molar-refractivity contribution is -0.0345. The quantitative estimate of drug-likeness (QED) is 0.753. The number of piperidine rings is 1. The molecule has 26 heavy (non-hydrogen) atoms. The highest BCUT2D eigenvalue weighted by atomic mass is 35.5. The van der Waals surface area contributed by atoms with E-state index in [0.717, 1.165) is 5.56 Å². The molecule has 0 amide bonds. The Bertz CT molecular complexity index is 975. The largest absolute Gasteiger partial charge is 0.449 e. The average molecular weight is 392 g/mol. The third-order valence-electron chi connectivity index (χ3n) is 5.03. The summed E-state index contributed by atoms with van der Waals surface area (Å²) in [6.07, 6.45) is 1.25. The molecular formula is C19H18ClNO4S. The number of sulfonamides is 1. The topological polar surface area (TPSA) is 63.7 Å². The second kappa shape index (κ2) is 6.37. The summed E-state index contributed by atoms with van der Waals surface area (Å²) in [5.74, 6) is -0.552. The van der Waals surface area contributed by atoms with Crippen LogP contribution in [0.15, 0.2) is 48.5 Å². The molecule has 2 aliphatic heterocycles. The monoisotopic (exact) mass is 391 g/mol. The van der Waals surface area contributed by atoms with E-state index in [-0.39, 0.29) is 18.3 Å². The molecule has 2 aromatic rings. The zero-order chi connectivity index (χ0) is 18.4. The van der Waals surface area contributed by atoms with Crippen LogP contribution in [-0.2, 0) is 26.1 Å². The first-order valence-corrected chi connectivity index (χ1v) is 10.4. The molecule has 4 rings (SSSR count). The number of fused-ring (bicyclic) bond motifs is 2. The predicted octanol–water partition coefficient (Wildman–Crippen LogP) is 3.33. The van der Waals surface area contributed by atoms with Crippen LogP contribution in [0.3, 0.4) is 0 Å². The summed E-state index contributed by atoms with van der Waals surface area (Å²) in [5.41, 5.74) is 0.984. The maximum Gasteiger partial charge on any atom is 0.339 e. The van der Waals surface area contributed by atoms with Gasteiger partial charge in [0, 0.05) is 17.1 Å². The van der Waals surface area contributed by atoms with Crippen molar-refractivity contribution in [1.82, 2.24) is 4.31 Å². The van der Waals surface area contributed by atoms with E-state index in [1.165, 1.54) is 4.31 Å². The van der Waals surface area contributed by atoms with Gasteiger partial charge in [0.2, 0.25) is 10.0 Å². The summed E-state index contributed by atoms with van der Waals surface area (Å²) in [6, 6.07) is 14.1. The van der Waals surface area contributed by atoms with Crippen LogP contribution in [0.1, 0.15) is 34.3 Å². The van der Waals surface area contributed by atoms with Crippen molar-refractivity contribution in [1.29, 1.82) is 0 Å². The SMILES string of the molecule is O=C1OC2(CCCN(S(=O)(=O)Cc3ccccc3Cl)C2)c2ccccc21. The highest BCUT2D eigenvalue weighted by molar-refractivity contribution is 7.88. The van der Waals surface area contributed by atoms with E-state index in [0.29, 0.717) is 35.5 Å². The fourth-order valence-corrected chi connectivity index (χ4v) is 5.70. The molecule has 2 heterocycles. The first kappa shape index (κ1) is 17.5. The minimum Gasteiger partial charge on any atom is -0.449 e. The van der Waals surface area contributed by atoms with Gasteiger partial charge in [-0.15, -0.1) is 0 Å². The maximum atomic E-state index is 13.0. The van der Waals surface area contributed by atoms with Crippen LogP contribution in [0.25, 0.3) is 0 Å². The number of carbonyl (C=O) groups is 1. The van der Waals surface area contributed by atoms with Crippen molar-refractivity contribution in [2.75, 3.05) is 13.1 Å². The van der Waals surface area contributed by atoms with Crippen LogP contribution in [0.2, 0.25) is 5.02 Å². The summed E-state index contributed by atoms with van der Waals surface area (Å²) >= 11 is 6.12. The molecule has 0 aromatic heterocycles. The molecule has 0 radical (unpaired) electrons. The minimum atomic E-state index is -3.58. The molecule has 2 aromatic carbocycles. The number of esters is 1. The Kier molecular flexibility index (Phi) is 4.29. The first-order chi connectivity index (χ1) is 12.4. The van der Waals surface area contributed by atoms with Gasteiger partial charge in [-0.25, -0.2) is 13.2 Å². The Morgan fingerprint density at radius 2 is 1.85 bits per heavy atom. The van der Waals surface area contributed by atoms with Gasteiger partial charge in [0.1, 0.15) is 0 Å². The Labute approximate surface area is 157 Å². The number of benzene rings is 2. The molecule has 7 heteroatoms. The molecule has 1 spiro atoms. The van der Waals surface area contributed by atoms with Gasteiger partial charge in [-0.3, -0.25) is 0 Å². The van der Waals surface area contributed by atoms with E-state index in [9.17, 15) is 13.2 Å². The molecule has 1 unspecified atom stereocenters. The van der Waals surface area contributed by atoms with Crippen LogP contribution < -0.4 is 0 Å². The minimum absolute atomic E-state index is 0.141. The average Bonchev–Trinajstić information content (AvgIpc) is 2.89. The van der Waals surface area contributed by atoms with Crippen molar-refractivity contribution in [3.63, 3.8) is 0 Å². The van der Waals surface area contributed by atoms with Gasteiger partial charge >= 0.3 is 5.97 Å². The van der Waals surface area contributed by atoms with Gasteiger partial charge < -0.3 is 4.74 Å². The molecule has 0 N–H and O–H groups in total. The standard InChI is InChI=1S/C19H18ClNO4S/c20-17-9-4-1-6-14(17)12-26(23,24)21-11-5-10-19(13-21)16-8-3-2-7-15(16)18(22)25-19/h1-4,6-9H,5,10-13H2. The normalized spacial score (nSPS) is 23.0. The smallest absolute Gasteiger partial charge is 0.339 e. The van der Waals surface area contributed by atoms with Crippen molar-refractivity contribution >= 4 is 27.6 Å². The maximum absolute atomic E-state index is 13.0. The molecule has 0 aliphatic carbocycles. The molecule has 1 fully saturated rings. The van der Waals surface area contributed by atoms with Gasteiger partial charge in [-0.1, -0.05) is 48.0 Å². The van der Waals surface area contributed by atoms with Crippen molar-refractivity contribution in [3.8, 4) is 0 Å². The highest BCUT2D eigenvalue weighted by Crippen LogP contribution is 2.43. The number of nitrogens with zero attached hydrogens (tertiary/aromatic N) is 1. The number of ether oxygens (including phenoxy) is 1. The zero-order valence-corrected chi connectivity index (χ0v) is 15.6. The molecule has 5 nitrogen and oxygen atoms in total. The van der Waals surface area contributed by atoms with E-state index >= 15 is 0 Å². The molecule has 0 bridgehead atoms. The van der Waals surface area contributed by atoms with E-state index in [4.69, 9.17) is 16.3 Å². The zero-order valence-electron chi connectivity index (χ0n) is 14.0. The van der Waals surface area contributed by atoms with E-state index < -0.39 is 15.6 Å². The third-order valence-corrected chi connectivity index (χ3v) is 7.18. The lowest BCUT2D eigenvalue weighted by Gasteiger charge is -2.38. The second-order valence-corrected chi connectivity index (χ2v) is 9.09. The number of rotatable bonds is 3. The van der Waals surface area contributed by atoms with Crippen molar-refractivity contribution in [2.45, 2.75) is 24.2 Å². The van der Waals surface area contributed by atoms with Crippen molar-refractivity contribution in [2.24, 2.45) is 0 Å². The number of hydrogen-bond acceptors (Lipinski definition) is 4. The summed E-state index contributed by atoms with van der Waals surface area (Å²) in [5, 5.41) is 0.431. The number of carbonyl (C=O) groups excluding carboxylic acids is 1. The Balaban J connectivity index is 1.64. The van der Waals surface area contributed by atoms with E-state index in [2.05, 4.69) is 0 Å². The Morgan fingerprint density at radius 1 is 1.12 bits per heavy atom. The molecule has 136 valence electrons. The molecule has 0 saturated carbocycles. The molecule has 1 atom stereocenters. The summed E-state index contributed by atoms with van der Waals surface area (Å²) < 4.78 is 33.0. The number of halogens is 1. The molecular weight excluding hydrogens is 374 g/mol. The summed E-state index contributed by atoms with van der Waals surface area (Å²) in [4.78, 5) is 12.2. The van der Waals surface area contributed by atoms with Crippen LogP contribution in [0, 0.1) is 0 Å². The fourth-order valence-electron chi connectivity index (χ4n) is 3.77. The van der Waals surface area contributed by atoms with Gasteiger partial charge in [-0.05, 0) is 30.5 Å². The molecule has 2 aliphatic rings. The van der Waals surface area contributed by atoms with Crippen LogP contribution in [0.4, 0.5) is 0 Å². The van der Waals surface area contributed by atoms with Gasteiger partial charge in [0.15, 0.2) is 5.60 Å². The second-order valence-electron chi connectivity index (χ2n) is 6.71. The predicted molar refractivity (Wildman–Crippen MR) is 98.4 cm³/mol. The third kappa shape index (κ3) is 2.92. The lowest BCUT2D eigenvalue weighted by atomic mass is 9.86. The van der Waals surface area contributed by atoms with Gasteiger partial charge in [0.05, 0.1) is 17.9 Å². The lowest BCUT2D eigenvalue weighted by Crippen LogP contribution is -2.49. The van der Waals surface area contributed by atoms with Gasteiger partial charge in [0.25, 0.3) is 0 Å². The van der Waals surface area contributed by atoms with Crippen LogP contribution in [0.5, 0.6) is 0 Å². The fraction of sp³-hybridized carbons (Fsp3) is 0.316. The van der Waals surface area contributed by atoms with E-state index in [1.54, 1.807) is 36.4 Å². The van der Waals surface area contributed by atoms with Crippen molar-refractivity contribution < 1.29 is 17.9 Å². The Hall–Kier alpha value is -1.89. The highest BCUT2D eigenvalue weighted by Gasteiger charge is 2.49. The Morgan fingerprint density at radius 3 is 2.65 bits per heavy atom. The van der Waals surface area contributed by atoms with Crippen LogP contribution in [-0.4, -0.2) is 31.8 Å². The molecule has 1 saturated heterocycles. The van der Waals surface area contributed by atoms with Gasteiger partial charge in [-0.2, -0.15) is 4.31 Å². The first-order valence-electron chi connectivity index (χ1n) is 8.45. The van der Waals surface area contributed by atoms with E-state index in [1.807, 2.05) is 12.1 Å².